The zero-order valence-electron chi connectivity index (χ0n) is 19.5. The Morgan fingerprint density at radius 3 is 1.81 bits per heavy atom. The molecule has 3 aromatic rings. The van der Waals surface area contributed by atoms with E-state index >= 15 is 0 Å². The summed E-state index contributed by atoms with van der Waals surface area (Å²) in [6.45, 7) is 15.0. The Kier molecular flexibility index (Phi) is 6.96. The van der Waals surface area contributed by atoms with Gasteiger partial charge in [-0.1, -0.05) is 53.7 Å². The first-order valence-corrected chi connectivity index (χ1v) is 10.5. The second-order valence-corrected chi connectivity index (χ2v) is 9.99. The van der Waals surface area contributed by atoms with Crippen molar-refractivity contribution < 1.29 is 9.90 Å². The number of phenolic OH excluding ortho intramolecular Hbond substituents is 1. The van der Waals surface area contributed by atoms with E-state index < -0.39 is 0 Å². The third kappa shape index (κ3) is 4.64. The van der Waals surface area contributed by atoms with Crippen LogP contribution in [0.25, 0.3) is 11.0 Å². The number of fused-ring (bicyclic) bond motifs is 1. The molecule has 0 aliphatic rings. The normalized spacial score (nSPS) is 12.1. The minimum atomic E-state index is -0.299. The molecular weight excluding hydrogens is 454 g/mol. The van der Waals surface area contributed by atoms with Gasteiger partial charge < -0.3 is 14.2 Å². The average molecular weight is 488 g/mol. The van der Waals surface area contributed by atoms with Gasteiger partial charge in [0.15, 0.2) is 5.78 Å². The molecule has 3 rings (SSSR count). The highest BCUT2D eigenvalue weighted by atomic mass is 79.9. The summed E-state index contributed by atoms with van der Waals surface area (Å²) in [5.41, 5.74) is 3.66. The summed E-state index contributed by atoms with van der Waals surface area (Å²) in [6, 6.07) is 11.4. The van der Waals surface area contributed by atoms with Gasteiger partial charge in [0.05, 0.1) is 17.6 Å². The number of phenols is 1. The Morgan fingerprint density at radius 1 is 0.935 bits per heavy atom. The van der Waals surface area contributed by atoms with Crippen molar-refractivity contribution in [1.29, 1.82) is 5.41 Å². The fraction of sp³-hybridized carbons (Fsp3) is 0.440. The Balaban J connectivity index is 0.00000341. The van der Waals surface area contributed by atoms with E-state index in [4.69, 9.17) is 5.41 Å². The van der Waals surface area contributed by atoms with E-state index in [0.717, 1.165) is 22.2 Å². The SMILES string of the molecule is Br.CCn1c(=N)n(CC(=O)c2cc(C(C)(C)C)c(O)c(C(C)(C)C)c2)c2ccccc21. The van der Waals surface area contributed by atoms with Gasteiger partial charge in [-0.2, -0.15) is 0 Å². The lowest BCUT2D eigenvalue weighted by atomic mass is 9.78. The Labute approximate surface area is 195 Å². The molecule has 2 N–H and O–H groups in total. The van der Waals surface area contributed by atoms with E-state index in [0.29, 0.717) is 17.7 Å². The summed E-state index contributed by atoms with van der Waals surface area (Å²) < 4.78 is 3.67. The first-order valence-electron chi connectivity index (χ1n) is 10.5. The van der Waals surface area contributed by atoms with Gasteiger partial charge in [-0.05, 0) is 42.0 Å². The van der Waals surface area contributed by atoms with E-state index in [-0.39, 0.29) is 45.9 Å². The van der Waals surface area contributed by atoms with Crippen LogP contribution in [0.4, 0.5) is 0 Å². The number of carbonyl (C=O) groups is 1. The highest BCUT2D eigenvalue weighted by molar-refractivity contribution is 8.93. The Morgan fingerprint density at radius 2 is 1.39 bits per heavy atom. The quantitative estimate of drug-likeness (QED) is 0.463. The van der Waals surface area contributed by atoms with Crippen LogP contribution in [0.1, 0.15) is 70.0 Å². The molecule has 0 spiro atoms. The molecule has 0 bridgehead atoms. The maximum absolute atomic E-state index is 13.4. The van der Waals surface area contributed by atoms with Crippen molar-refractivity contribution in [3.63, 3.8) is 0 Å². The topological polar surface area (TPSA) is 71.0 Å². The number of rotatable bonds is 4. The maximum atomic E-state index is 13.4. The second-order valence-electron chi connectivity index (χ2n) is 9.99. The summed E-state index contributed by atoms with van der Waals surface area (Å²) in [5, 5.41) is 19.5. The number of nitrogens with zero attached hydrogens (tertiary/aromatic N) is 2. The summed E-state index contributed by atoms with van der Waals surface area (Å²) in [5.74, 6) is 0.200. The number of halogens is 1. The van der Waals surface area contributed by atoms with Crippen molar-refractivity contribution in [3.05, 3.63) is 58.7 Å². The van der Waals surface area contributed by atoms with Gasteiger partial charge in [0.25, 0.3) is 0 Å². The van der Waals surface area contributed by atoms with Crippen LogP contribution in [0, 0.1) is 5.41 Å². The molecule has 0 radical (unpaired) electrons. The number of Topliss-reactive ketones (excluding diaryl/α,β-unsaturated/α-hetero) is 1. The fourth-order valence-electron chi connectivity index (χ4n) is 3.95. The number of carbonyl (C=O) groups excluding carboxylic acids is 1. The standard InChI is InChI=1S/C25H33N3O2.BrH/c1-8-27-19-11-9-10-12-20(19)28(23(27)26)15-21(29)16-13-17(24(2,3)4)22(30)18(14-16)25(5,6)7;/h9-14,26,30H,8,15H2,1-7H3;1H. The molecule has 0 amide bonds. The summed E-state index contributed by atoms with van der Waals surface area (Å²) in [4.78, 5) is 13.4. The number of imidazole rings is 1. The van der Waals surface area contributed by atoms with Gasteiger partial charge in [0, 0.05) is 23.2 Å². The van der Waals surface area contributed by atoms with Crippen LogP contribution in [-0.2, 0) is 23.9 Å². The predicted octanol–water partition coefficient (Wildman–Crippen LogP) is 5.70. The van der Waals surface area contributed by atoms with Gasteiger partial charge in [0.1, 0.15) is 5.75 Å². The third-order valence-electron chi connectivity index (χ3n) is 5.64. The zero-order valence-corrected chi connectivity index (χ0v) is 21.2. The van der Waals surface area contributed by atoms with E-state index in [2.05, 4.69) is 0 Å². The number of aromatic nitrogens is 2. The van der Waals surface area contributed by atoms with Crippen LogP contribution in [-0.4, -0.2) is 20.0 Å². The molecule has 0 aliphatic heterocycles. The minimum absolute atomic E-state index is 0. The molecule has 0 fully saturated rings. The van der Waals surface area contributed by atoms with Crippen LogP contribution in [0.2, 0.25) is 0 Å². The molecular formula is C25H34BrN3O2. The van der Waals surface area contributed by atoms with Crippen LogP contribution >= 0.6 is 17.0 Å². The van der Waals surface area contributed by atoms with Crippen LogP contribution in [0.5, 0.6) is 5.75 Å². The number of aryl methyl sites for hydroxylation is 1. The first-order chi connectivity index (χ1) is 13.9. The largest absolute Gasteiger partial charge is 0.507 e. The number of nitrogens with one attached hydrogen (secondary N) is 1. The van der Waals surface area contributed by atoms with Crippen LogP contribution in [0.3, 0.4) is 0 Å². The van der Waals surface area contributed by atoms with Gasteiger partial charge in [-0.25, -0.2) is 0 Å². The number of hydrogen-bond donors (Lipinski definition) is 2. The smallest absolute Gasteiger partial charge is 0.203 e. The Bertz CT molecular complexity index is 1140. The molecule has 2 aromatic carbocycles. The highest BCUT2D eigenvalue weighted by Gasteiger charge is 2.28. The molecule has 6 heteroatoms. The molecule has 168 valence electrons. The monoisotopic (exact) mass is 487 g/mol. The van der Waals surface area contributed by atoms with Crippen LogP contribution in [0.15, 0.2) is 36.4 Å². The molecule has 0 atom stereocenters. The van der Waals surface area contributed by atoms with E-state index in [1.54, 1.807) is 4.57 Å². The van der Waals surface area contributed by atoms with Crippen molar-refractivity contribution in [3.8, 4) is 5.75 Å². The Hall–Kier alpha value is -2.34. The molecule has 0 aliphatic carbocycles. The fourth-order valence-corrected chi connectivity index (χ4v) is 3.95. The number of ketones is 1. The maximum Gasteiger partial charge on any atom is 0.203 e. The summed E-state index contributed by atoms with van der Waals surface area (Å²) in [7, 11) is 0. The van der Waals surface area contributed by atoms with Gasteiger partial charge >= 0.3 is 0 Å². The third-order valence-corrected chi connectivity index (χ3v) is 5.64. The lowest BCUT2D eigenvalue weighted by Gasteiger charge is -2.28. The van der Waals surface area contributed by atoms with Gasteiger partial charge in [-0.15, -0.1) is 17.0 Å². The number of para-hydroxylation sites is 2. The van der Waals surface area contributed by atoms with Crippen molar-refractivity contribution in [1.82, 2.24) is 9.13 Å². The lowest BCUT2D eigenvalue weighted by Crippen LogP contribution is -2.27. The number of aromatic hydroxyl groups is 1. The molecule has 0 saturated heterocycles. The average Bonchev–Trinajstić information content (AvgIpc) is 2.91. The van der Waals surface area contributed by atoms with Crippen molar-refractivity contribution in [2.75, 3.05) is 0 Å². The second kappa shape index (κ2) is 8.65. The predicted molar refractivity (Wildman–Crippen MR) is 132 cm³/mol. The molecule has 0 saturated carbocycles. The van der Waals surface area contributed by atoms with E-state index in [1.165, 1.54) is 0 Å². The summed E-state index contributed by atoms with van der Waals surface area (Å²) in [6.07, 6.45) is 0. The molecule has 1 aromatic heterocycles. The van der Waals surface area contributed by atoms with Crippen molar-refractivity contribution in [2.24, 2.45) is 0 Å². The molecule has 31 heavy (non-hydrogen) atoms. The zero-order chi connectivity index (χ0) is 22.4. The van der Waals surface area contributed by atoms with Gasteiger partial charge in [0.2, 0.25) is 5.62 Å². The van der Waals surface area contributed by atoms with Crippen molar-refractivity contribution >= 4 is 33.8 Å². The molecule has 1 heterocycles. The molecule has 5 nitrogen and oxygen atoms in total. The lowest BCUT2D eigenvalue weighted by molar-refractivity contribution is 0.0971. The molecule has 0 unspecified atom stereocenters. The van der Waals surface area contributed by atoms with Crippen molar-refractivity contribution in [2.45, 2.75) is 72.4 Å². The number of hydrogen-bond acceptors (Lipinski definition) is 3. The van der Waals surface area contributed by atoms with Gasteiger partial charge in [-0.3, -0.25) is 10.2 Å². The van der Waals surface area contributed by atoms with Crippen LogP contribution < -0.4 is 5.62 Å². The number of benzene rings is 2. The first kappa shape index (κ1) is 24.9. The van der Waals surface area contributed by atoms with E-state index in [1.807, 2.05) is 89.4 Å². The van der Waals surface area contributed by atoms with E-state index in [9.17, 15) is 9.90 Å². The minimum Gasteiger partial charge on any atom is -0.507 e. The summed E-state index contributed by atoms with van der Waals surface area (Å²) >= 11 is 0. The highest BCUT2D eigenvalue weighted by Crippen LogP contribution is 2.39.